The van der Waals surface area contributed by atoms with Gasteiger partial charge in [0.25, 0.3) is 5.91 Å². The van der Waals surface area contributed by atoms with E-state index >= 15 is 0 Å². The first kappa shape index (κ1) is 20.3. The number of likely N-dealkylation sites (tertiary alicyclic amines) is 1. The first-order valence-corrected chi connectivity index (χ1v) is 9.50. The average Bonchev–Trinajstić information content (AvgIpc) is 3.32. The third-order valence-electron chi connectivity index (χ3n) is 4.45. The second-order valence-corrected chi connectivity index (χ2v) is 7.08. The molecule has 0 saturated carbocycles. The van der Waals surface area contributed by atoms with Crippen LogP contribution in [0.2, 0.25) is 0 Å². The first-order chi connectivity index (χ1) is 12.5. The molecule has 0 radical (unpaired) electrons. The molecule has 0 aromatic carbocycles. The SMILES string of the molecule is CCCCC(C(=O)N1CCCC1C(=O)Nc1nccs1)C(O)C(=O)NO. The van der Waals surface area contributed by atoms with Crippen LogP contribution in [0.15, 0.2) is 11.6 Å². The summed E-state index contributed by atoms with van der Waals surface area (Å²) < 4.78 is 0. The lowest BCUT2D eigenvalue weighted by molar-refractivity contribution is -0.152. The van der Waals surface area contributed by atoms with Crippen molar-refractivity contribution in [2.45, 2.75) is 51.2 Å². The third-order valence-corrected chi connectivity index (χ3v) is 5.14. The number of hydroxylamine groups is 1. The molecule has 4 N–H and O–H groups in total. The summed E-state index contributed by atoms with van der Waals surface area (Å²) in [6, 6.07) is -0.667. The van der Waals surface area contributed by atoms with E-state index in [0.29, 0.717) is 37.4 Å². The summed E-state index contributed by atoms with van der Waals surface area (Å²) in [7, 11) is 0. The number of hydrogen-bond donors (Lipinski definition) is 4. The molecule has 144 valence electrons. The molecule has 3 atom stereocenters. The van der Waals surface area contributed by atoms with Crippen LogP contribution in [0.25, 0.3) is 0 Å². The van der Waals surface area contributed by atoms with Crippen molar-refractivity contribution in [1.82, 2.24) is 15.4 Å². The maximum absolute atomic E-state index is 12.9. The smallest absolute Gasteiger partial charge is 0.272 e. The van der Waals surface area contributed by atoms with Crippen LogP contribution in [0.4, 0.5) is 5.13 Å². The van der Waals surface area contributed by atoms with E-state index in [4.69, 9.17) is 5.21 Å². The number of nitrogens with zero attached hydrogens (tertiary/aromatic N) is 2. The van der Waals surface area contributed by atoms with Gasteiger partial charge in [0.1, 0.15) is 12.1 Å². The van der Waals surface area contributed by atoms with Crippen molar-refractivity contribution in [1.29, 1.82) is 0 Å². The molecule has 1 aliphatic heterocycles. The molecule has 0 bridgehead atoms. The van der Waals surface area contributed by atoms with Crippen molar-refractivity contribution < 1.29 is 24.7 Å². The van der Waals surface area contributed by atoms with E-state index in [0.717, 1.165) is 6.42 Å². The molecule has 1 fully saturated rings. The monoisotopic (exact) mass is 384 g/mol. The minimum Gasteiger partial charge on any atom is -0.382 e. The van der Waals surface area contributed by atoms with Gasteiger partial charge in [0.2, 0.25) is 11.8 Å². The molecule has 1 aromatic heterocycles. The Bertz CT molecular complexity index is 624. The summed E-state index contributed by atoms with van der Waals surface area (Å²) in [6.07, 6.45) is 2.78. The fraction of sp³-hybridized carbons (Fsp3) is 0.625. The molecule has 0 aliphatic carbocycles. The van der Waals surface area contributed by atoms with E-state index in [9.17, 15) is 19.5 Å². The predicted octanol–water partition coefficient (Wildman–Crippen LogP) is 0.745. The Hall–Kier alpha value is -2.04. The lowest BCUT2D eigenvalue weighted by Crippen LogP contribution is -2.50. The number of unbranched alkanes of at least 4 members (excludes halogenated alkanes) is 1. The number of amides is 3. The second-order valence-electron chi connectivity index (χ2n) is 6.19. The van der Waals surface area contributed by atoms with Crippen molar-refractivity contribution in [2.24, 2.45) is 5.92 Å². The lowest BCUT2D eigenvalue weighted by atomic mass is 9.93. The highest BCUT2D eigenvalue weighted by Crippen LogP contribution is 2.25. The lowest BCUT2D eigenvalue weighted by Gasteiger charge is -2.29. The third kappa shape index (κ3) is 4.77. The van der Waals surface area contributed by atoms with Crippen LogP contribution in [0.1, 0.15) is 39.0 Å². The maximum Gasteiger partial charge on any atom is 0.272 e. The molecule has 1 saturated heterocycles. The van der Waals surface area contributed by atoms with E-state index in [1.165, 1.54) is 21.7 Å². The van der Waals surface area contributed by atoms with Crippen molar-refractivity contribution in [3.8, 4) is 0 Å². The Balaban J connectivity index is 2.11. The van der Waals surface area contributed by atoms with Gasteiger partial charge in [0.15, 0.2) is 5.13 Å². The topological polar surface area (TPSA) is 132 Å². The van der Waals surface area contributed by atoms with Gasteiger partial charge in [-0.25, -0.2) is 10.5 Å². The maximum atomic E-state index is 12.9. The number of aromatic nitrogens is 1. The summed E-state index contributed by atoms with van der Waals surface area (Å²) in [4.78, 5) is 42.5. The highest BCUT2D eigenvalue weighted by molar-refractivity contribution is 7.13. The largest absolute Gasteiger partial charge is 0.382 e. The van der Waals surface area contributed by atoms with Gasteiger partial charge in [-0.15, -0.1) is 11.3 Å². The molecule has 3 amide bonds. The van der Waals surface area contributed by atoms with Gasteiger partial charge in [-0.05, 0) is 19.3 Å². The van der Waals surface area contributed by atoms with Crippen molar-refractivity contribution in [3.63, 3.8) is 0 Å². The molecule has 0 spiro atoms. The summed E-state index contributed by atoms with van der Waals surface area (Å²) in [6.45, 7) is 2.31. The van der Waals surface area contributed by atoms with E-state index < -0.39 is 29.9 Å². The Morgan fingerprint density at radius 1 is 1.46 bits per heavy atom. The molecule has 3 unspecified atom stereocenters. The number of carbonyl (C=O) groups is 3. The van der Waals surface area contributed by atoms with Gasteiger partial charge in [-0.2, -0.15) is 0 Å². The number of anilines is 1. The Morgan fingerprint density at radius 3 is 2.85 bits per heavy atom. The number of carbonyl (C=O) groups excluding carboxylic acids is 3. The second kappa shape index (κ2) is 9.60. The van der Waals surface area contributed by atoms with Gasteiger partial charge in [-0.1, -0.05) is 19.8 Å². The Kier molecular flexibility index (Phi) is 7.49. The van der Waals surface area contributed by atoms with E-state index in [2.05, 4.69) is 10.3 Å². The molecule has 2 heterocycles. The minimum atomic E-state index is -1.66. The van der Waals surface area contributed by atoms with Crippen LogP contribution in [0.5, 0.6) is 0 Å². The minimum absolute atomic E-state index is 0.293. The molecule has 1 aromatic rings. The molecule has 26 heavy (non-hydrogen) atoms. The van der Waals surface area contributed by atoms with Gasteiger partial charge in [-0.3, -0.25) is 19.6 Å². The van der Waals surface area contributed by atoms with Crippen LogP contribution >= 0.6 is 11.3 Å². The molecule has 9 nitrogen and oxygen atoms in total. The Morgan fingerprint density at radius 2 is 2.23 bits per heavy atom. The quantitative estimate of drug-likeness (QED) is 0.386. The average molecular weight is 384 g/mol. The summed E-state index contributed by atoms with van der Waals surface area (Å²) in [5.41, 5.74) is 1.38. The van der Waals surface area contributed by atoms with E-state index in [1.54, 1.807) is 11.6 Å². The van der Waals surface area contributed by atoms with Crippen LogP contribution in [-0.4, -0.2) is 56.6 Å². The highest BCUT2D eigenvalue weighted by Gasteiger charge is 2.41. The molecule has 10 heteroatoms. The molecular formula is C16H24N4O5S. The zero-order chi connectivity index (χ0) is 19.1. The number of rotatable bonds is 8. The normalized spacial score (nSPS) is 19.0. The zero-order valence-electron chi connectivity index (χ0n) is 14.6. The van der Waals surface area contributed by atoms with Crippen molar-refractivity contribution in [2.75, 3.05) is 11.9 Å². The van der Waals surface area contributed by atoms with Gasteiger partial charge < -0.3 is 15.3 Å². The zero-order valence-corrected chi connectivity index (χ0v) is 15.4. The number of thiazole rings is 1. The molecule has 2 rings (SSSR count). The van der Waals surface area contributed by atoms with Crippen LogP contribution in [0, 0.1) is 5.92 Å². The first-order valence-electron chi connectivity index (χ1n) is 8.62. The fourth-order valence-electron chi connectivity index (χ4n) is 3.08. The van der Waals surface area contributed by atoms with Crippen molar-refractivity contribution in [3.05, 3.63) is 11.6 Å². The number of hydrogen-bond acceptors (Lipinski definition) is 7. The van der Waals surface area contributed by atoms with Gasteiger partial charge in [0.05, 0.1) is 5.92 Å². The number of nitrogens with one attached hydrogen (secondary N) is 2. The highest BCUT2D eigenvalue weighted by atomic mass is 32.1. The van der Waals surface area contributed by atoms with E-state index in [1.807, 2.05) is 6.92 Å². The molecule has 1 aliphatic rings. The summed E-state index contributed by atoms with van der Waals surface area (Å²) in [5, 5.41) is 23.8. The van der Waals surface area contributed by atoms with Crippen molar-refractivity contribution >= 4 is 34.2 Å². The van der Waals surface area contributed by atoms with Crippen LogP contribution in [-0.2, 0) is 14.4 Å². The van der Waals surface area contributed by atoms with Gasteiger partial charge in [0, 0.05) is 18.1 Å². The van der Waals surface area contributed by atoms with Crippen LogP contribution < -0.4 is 10.8 Å². The Labute approximate surface area is 155 Å². The summed E-state index contributed by atoms with van der Waals surface area (Å²) in [5.74, 6) is -2.81. The standard InChI is InChI=1S/C16H24N4O5S/c1-2-3-5-10(12(21)14(23)19-25)15(24)20-8-4-6-11(20)13(22)18-16-17-7-9-26-16/h7,9-12,21,25H,2-6,8H2,1H3,(H,19,23)(H,17,18,22). The fourth-order valence-corrected chi connectivity index (χ4v) is 3.61. The predicted molar refractivity (Wildman–Crippen MR) is 94.4 cm³/mol. The number of aliphatic hydroxyl groups is 1. The van der Waals surface area contributed by atoms with E-state index in [-0.39, 0.29) is 5.91 Å². The molecular weight excluding hydrogens is 360 g/mol. The van der Waals surface area contributed by atoms with Crippen LogP contribution in [0.3, 0.4) is 0 Å². The van der Waals surface area contributed by atoms with Gasteiger partial charge >= 0.3 is 0 Å². The summed E-state index contributed by atoms with van der Waals surface area (Å²) >= 11 is 1.28. The number of aliphatic hydroxyl groups excluding tert-OH is 1.